The highest BCUT2D eigenvalue weighted by Gasteiger charge is 2.20. The highest BCUT2D eigenvalue weighted by Crippen LogP contribution is 2.28. The molecule has 0 saturated heterocycles. The van der Waals surface area contributed by atoms with Crippen LogP contribution in [0.4, 0.5) is 11.4 Å². The topological polar surface area (TPSA) is 89.3 Å². The van der Waals surface area contributed by atoms with E-state index in [9.17, 15) is 18.5 Å². The average Bonchev–Trinajstić information content (AvgIpc) is 2.30. The molecule has 1 aromatic carbocycles. The van der Waals surface area contributed by atoms with Gasteiger partial charge in [-0.25, -0.2) is 8.42 Å². The van der Waals surface area contributed by atoms with Crippen LogP contribution in [0, 0.1) is 24.0 Å². The number of hydrogen-bond donors (Lipinski definition) is 1. The molecule has 0 aliphatic heterocycles. The van der Waals surface area contributed by atoms with Gasteiger partial charge in [0.2, 0.25) is 10.0 Å². The number of nitrogens with zero attached hydrogens (tertiary/aromatic N) is 1. The summed E-state index contributed by atoms with van der Waals surface area (Å²) in [5.74, 6) is 0.0521. The summed E-state index contributed by atoms with van der Waals surface area (Å²) in [5.41, 5.74) is 1.25. The first-order valence-electron chi connectivity index (χ1n) is 5.59. The van der Waals surface area contributed by atoms with Gasteiger partial charge in [-0.05, 0) is 37.5 Å². The van der Waals surface area contributed by atoms with E-state index in [4.69, 9.17) is 11.6 Å². The van der Waals surface area contributed by atoms with E-state index >= 15 is 0 Å². The molecule has 0 heterocycles. The molecular formula is C11H15ClN2O4S. The summed E-state index contributed by atoms with van der Waals surface area (Å²) in [6, 6.07) is 2.82. The average molecular weight is 307 g/mol. The summed E-state index contributed by atoms with van der Waals surface area (Å²) in [6.45, 7) is 3.49. The van der Waals surface area contributed by atoms with Crippen LogP contribution in [0.5, 0.6) is 0 Å². The van der Waals surface area contributed by atoms with Gasteiger partial charge >= 0.3 is 0 Å². The molecule has 1 aromatic rings. The van der Waals surface area contributed by atoms with Crippen molar-refractivity contribution in [1.29, 1.82) is 0 Å². The van der Waals surface area contributed by atoms with Gasteiger partial charge in [-0.15, -0.1) is 11.6 Å². The lowest BCUT2D eigenvalue weighted by Gasteiger charge is -2.10. The predicted molar refractivity (Wildman–Crippen MR) is 75.3 cm³/mol. The lowest BCUT2D eigenvalue weighted by Crippen LogP contribution is -2.18. The second-order valence-electron chi connectivity index (χ2n) is 4.17. The normalized spacial score (nSPS) is 11.3. The van der Waals surface area contributed by atoms with Crippen LogP contribution in [-0.2, 0) is 10.0 Å². The quantitative estimate of drug-likeness (QED) is 0.497. The summed E-state index contributed by atoms with van der Waals surface area (Å²) in [7, 11) is -3.62. The molecule has 0 radical (unpaired) electrons. The first-order valence-corrected chi connectivity index (χ1v) is 7.77. The van der Waals surface area contributed by atoms with Gasteiger partial charge in [0, 0.05) is 11.9 Å². The van der Waals surface area contributed by atoms with Gasteiger partial charge in [-0.2, -0.15) is 0 Å². The zero-order chi connectivity index (χ0) is 14.6. The van der Waals surface area contributed by atoms with Crippen LogP contribution < -0.4 is 4.72 Å². The minimum Gasteiger partial charge on any atom is -0.277 e. The third-order valence-corrected chi connectivity index (χ3v) is 4.25. The van der Waals surface area contributed by atoms with Crippen molar-refractivity contribution in [1.82, 2.24) is 0 Å². The Morgan fingerprint density at radius 3 is 2.42 bits per heavy atom. The number of sulfonamides is 1. The van der Waals surface area contributed by atoms with E-state index < -0.39 is 14.9 Å². The maximum Gasteiger partial charge on any atom is 0.293 e. The minimum atomic E-state index is -3.62. The SMILES string of the molecule is Cc1cc(NS(=O)(=O)CCCCl)c([N+](=O)[O-])cc1C. The summed E-state index contributed by atoms with van der Waals surface area (Å²) < 4.78 is 25.7. The number of nitro benzene ring substituents is 1. The summed E-state index contributed by atoms with van der Waals surface area (Å²) >= 11 is 5.44. The van der Waals surface area contributed by atoms with Crippen molar-refractivity contribution in [2.75, 3.05) is 16.4 Å². The lowest BCUT2D eigenvalue weighted by molar-refractivity contribution is -0.383. The number of nitro groups is 1. The van der Waals surface area contributed by atoms with Gasteiger partial charge in [0.05, 0.1) is 10.7 Å². The molecule has 1 N–H and O–H groups in total. The highest BCUT2D eigenvalue weighted by molar-refractivity contribution is 7.92. The number of hydrogen-bond acceptors (Lipinski definition) is 4. The fraction of sp³-hybridized carbons (Fsp3) is 0.455. The fourth-order valence-corrected chi connectivity index (χ4v) is 2.91. The standard InChI is InChI=1S/C11H15ClN2O4S/c1-8-6-10(11(14(15)16)7-9(8)2)13-19(17,18)5-3-4-12/h6-7,13H,3-5H2,1-2H3. The maximum absolute atomic E-state index is 11.7. The van der Waals surface area contributed by atoms with E-state index in [2.05, 4.69) is 4.72 Å². The second-order valence-corrected chi connectivity index (χ2v) is 6.39. The molecule has 8 heteroatoms. The Morgan fingerprint density at radius 2 is 1.89 bits per heavy atom. The molecule has 1 rings (SSSR count). The van der Waals surface area contributed by atoms with Crippen molar-refractivity contribution in [2.45, 2.75) is 20.3 Å². The lowest BCUT2D eigenvalue weighted by atomic mass is 10.1. The second kappa shape index (κ2) is 6.21. The Hall–Kier alpha value is -1.34. The van der Waals surface area contributed by atoms with Crippen LogP contribution in [0.3, 0.4) is 0 Å². The van der Waals surface area contributed by atoms with Gasteiger partial charge in [0.25, 0.3) is 5.69 Å². The maximum atomic E-state index is 11.7. The Morgan fingerprint density at radius 1 is 1.32 bits per heavy atom. The van der Waals surface area contributed by atoms with E-state index in [0.717, 1.165) is 11.1 Å². The van der Waals surface area contributed by atoms with Crippen LogP contribution >= 0.6 is 11.6 Å². The molecule has 0 spiro atoms. The van der Waals surface area contributed by atoms with E-state index in [0.29, 0.717) is 0 Å². The zero-order valence-corrected chi connectivity index (χ0v) is 12.2. The van der Waals surface area contributed by atoms with Crippen molar-refractivity contribution < 1.29 is 13.3 Å². The Labute approximate surface area is 117 Å². The van der Waals surface area contributed by atoms with E-state index in [1.165, 1.54) is 12.1 Å². The van der Waals surface area contributed by atoms with Gasteiger partial charge in [-0.1, -0.05) is 0 Å². The molecule has 19 heavy (non-hydrogen) atoms. The molecule has 0 aliphatic carbocycles. The smallest absolute Gasteiger partial charge is 0.277 e. The number of alkyl halides is 1. The molecule has 0 atom stereocenters. The predicted octanol–water partition coefficient (Wildman–Crippen LogP) is 2.58. The largest absolute Gasteiger partial charge is 0.293 e. The molecule has 6 nitrogen and oxygen atoms in total. The summed E-state index contributed by atoms with van der Waals surface area (Å²) in [5, 5.41) is 10.9. The molecular weight excluding hydrogens is 292 g/mol. The molecule has 0 aromatic heterocycles. The molecule has 0 fully saturated rings. The van der Waals surface area contributed by atoms with Crippen molar-refractivity contribution in [2.24, 2.45) is 0 Å². The van der Waals surface area contributed by atoms with Gasteiger partial charge in [-0.3, -0.25) is 14.8 Å². The van der Waals surface area contributed by atoms with E-state index in [-0.39, 0.29) is 29.4 Å². The number of halogens is 1. The number of aryl methyl sites for hydroxylation is 2. The monoisotopic (exact) mass is 306 g/mol. The van der Waals surface area contributed by atoms with Crippen molar-refractivity contribution in [3.05, 3.63) is 33.4 Å². The first kappa shape index (κ1) is 15.7. The van der Waals surface area contributed by atoms with Crippen molar-refractivity contribution >= 4 is 33.0 Å². The Bertz CT molecular complexity index is 587. The molecule has 0 unspecified atom stereocenters. The number of anilines is 1. The van der Waals surface area contributed by atoms with Crippen LogP contribution in [0.1, 0.15) is 17.5 Å². The third-order valence-electron chi connectivity index (χ3n) is 2.62. The highest BCUT2D eigenvalue weighted by atomic mass is 35.5. The molecule has 106 valence electrons. The molecule has 0 amide bonds. The van der Waals surface area contributed by atoms with Crippen LogP contribution in [0.2, 0.25) is 0 Å². The van der Waals surface area contributed by atoms with Crippen LogP contribution in [0.25, 0.3) is 0 Å². The van der Waals surface area contributed by atoms with Gasteiger partial charge in [0.15, 0.2) is 0 Å². The van der Waals surface area contributed by atoms with Crippen LogP contribution in [-0.4, -0.2) is 25.0 Å². The number of rotatable bonds is 6. The summed E-state index contributed by atoms with van der Waals surface area (Å²) in [4.78, 5) is 10.3. The third kappa shape index (κ3) is 4.36. The zero-order valence-electron chi connectivity index (χ0n) is 10.6. The minimum absolute atomic E-state index is 0.0114. The Kier molecular flexibility index (Phi) is 5.13. The van der Waals surface area contributed by atoms with E-state index in [1.807, 2.05) is 0 Å². The van der Waals surface area contributed by atoms with Crippen molar-refractivity contribution in [3.8, 4) is 0 Å². The molecule has 0 saturated carbocycles. The van der Waals surface area contributed by atoms with Crippen molar-refractivity contribution in [3.63, 3.8) is 0 Å². The molecule has 0 bridgehead atoms. The fourth-order valence-electron chi connectivity index (χ4n) is 1.50. The first-order chi connectivity index (χ1) is 8.76. The van der Waals surface area contributed by atoms with Crippen LogP contribution in [0.15, 0.2) is 12.1 Å². The van der Waals surface area contributed by atoms with Gasteiger partial charge in [0.1, 0.15) is 5.69 Å². The summed E-state index contributed by atoms with van der Waals surface area (Å²) in [6.07, 6.45) is 0.287. The number of nitrogens with one attached hydrogen (secondary N) is 1. The molecule has 0 aliphatic rings. The number of benzene rings is 1. The Balaban J connectivity index is 3.13. The van der Waals surface area contributed by atoms with Gasteiger partial charge < -0.3 is 0 Å². The van der Waals surface area contributed by atoms with E-state index in [1.54, 1.807) is 13.8 Å².